The predicted octanol–water partition coefficient (Wildman–Crippen LogP) is 2.05. The molecule has 1 aromatic rings. The molecule has 0 spiro atoms. The molecule has 4 nitrogen and oxygen atoms in total. The van der Waals surface area contributed by atoms with E-state index < -0.39 is 17.8 Å². The number of benzene rings is 1. The molecule has 1 fully saturated rings. The minimum Gasteiger partial charge on any atom is -0.480 e. The highest BCUT2D eigenvalue weighted by Gasteiger charge is 2.35. The quantitative estimate of drug-likeness (QED) is 0.915. The Kier molecular flexibility index (Phi) is 3.52. The van der Waals surface area contributed by atoms with E-state index in [0.717, 1.165) is 0 Å². The molecule has 1 aliphatic heterocycles. The summed E-state index contributed by atoms with van der Waals surface area (Å²) in [6, 6.07) is 3.36. The standard InChI is InChI=1S/C12H11ClFNO3/c13-8-2-1-7(5-9(8)14)6-15-10(12(17)18)3-4-11(15)16/h1-2,5,10H,3-4,6H2,(H,17,18). The van der Waals surface area contributed by atoms with Gasteiger partial charge in [-0.1, -0.05) is 17.7 Å². The molecule has 1 aliphatic rings. The van der Waals surface area contributed by atoms with Crippen LogP contribution in [-0.2, 0) is 16.1 Å². The summed E-state index contributed by atoms with van der Waals surface area (Å²) >= 11 is 5.56. The zero-order chi connectivity index (χ0) is 13.3. The van der Waals surface area contributed by atoms with Crippen molar-refractivity contribution in [3.63, 3.8) is 0 Å². The maximum Gasteiger partial charge on any atom is 0.326 e. The number of likely N-dealkylation sites (tertiary alicyclic amines) is 1. The maximum absolute atomic E-state index is 13.3. The molecule has 96 valence electrons. The van der Waals surface area contributed by atoms with Gasteiger partial charge in [0.1, 0.15) is 11.9 Å². The van der Waals surface area contributed by atoms with Gasteiger partial charge in [-0.2, -0.15) is 0 Å². The van der Waals surface area contributed by atoms with Crippen molar-refractivity contribution in [2.45, 2.75) is 25.4 Å². The molecule has 0 aliphatic carbocycles. The van der Waals surface area contributed by atoms with Crippen molar-refractivity contribution < 1.29 is 19.1 Å². The van der Waals surface area contributed by atoms with Gasteiger partial charge in [-0.3, -0.25) is 4.79 Å². The molecule has 0 aromatic heterocycles. The number of aliphatic carboxylic acids is 1. The minimum absolute atomic E-state index is 0.00119. The van der Waals surface area contributed by atoms with Crippen molar-refractivity contribution in [2.24, 2.45) is 0 Å². The lowest BCUT2D eigenvalue weighted by Gasteiger charge is -2.21. The van der Waals surface area contributed by atoms with E-state index in [-0.39, 0.29) is 23.9 Å². The zero-order valence-corrected chi connectivity index (χ0v) is 10.2. The Morgan fingerprint density at radius 1 is 1.56 bits per heavy atom. The molecule has 1 atom stereocenters. The van der Waals surface area contributed by atoms with Crippen molar-refractivity contribution in [2.75, 3.05) is 0 Å². The zero-order valence-electron chi connectivity index (χ0n) is 9.40. The van der Waals surface area contributed by atoms with Gasteiger partial charge >= 0.3 is 5.97 Å². The van der Waals surface area contributed by atoms with Crippen LogP contribution in [0.4, 0.5) is 4.39 Å². The maximum atomic E-state index is 13.3. The molecule has 1 saturated heterocycles. The number of carbonyl (C=O) groups excluding carboxylic acids is 1. The third kappa shape index (κ3) is 2.46. The number of carboxylic acid groups (broad SMARTS) is 1. The van der Waals surface area contributed by atoms with Crippen LogP contribution in [0.2, 0.25) is 5.02 Å². The van der Waals surface area contributed by atoms with Gasteiger partial charge in [-0.05, 0) is 24.1 Å². The number of nitrogens with zero attached hydrogens (tertiary/aromatic N) is 1. The van der Waals surface area contributed by atoms with Crippen molar-refractivity contribution in [3.8, 4) is 0 Å². The largest absolute Gasteiger partial charge is 0.480 e. The van der Waals surface area contributed by atoms with Crippen LogP contribution in [-0.4, -0.2) is 27.9 Å². The molecular formula is C12H11ClFNO3. The topological polar surface area (TPSA) is 57.6 Å². The molecular weight excluding hydrogens is 261 g/mol. The molecule has 1 heterocycles. The number of carbonyl (C=O) groups is 2. The number of carboxylic acids is 1. The van der Waals surface area contributed by atoms with E-state index in [4.69, 9.17) is 16.7 Å². The average molecular weight is 272 g/mol. The van der Waals surface area contributed by atoms with E-state index in [1.807, 2.05) is 0 Å². The summed E-state index contributed by atoms with van der Waals surface area (Å²) in [4.78, 5) is 23.8. The average Bonchev–Trinajstić information content (AvgIpc) is 2.66. The van der Waals surface area contributed by atoms with E-state index in [1.165, 1.54) is 17.0 Å². The third-order valence-corrected chi connectivity index (χ3v) is 3.26. The van der Waals surface area contributed by atoms with Gasteiger partial charge in [0, 0.05) is 13.0 Å². The van der Waals surface area contributed by atoms with Gasteiger partial charge in [0.15, 0.2) is 0 Å². The molecule has 0 bridgehead atoms. The number of amides is 1. The molecule has 1 aromatic carbocycles. The molecule has 0 radical (unpaired) electrons. The Bertz CT molecular complexity index is 506. The monoisotopic (exact) mass is 271 g/mol. The van der Waals surface area contributed by atoms with Crippen LogP contribution in [0, 0.1) is 5.82 Å². The van der Waals surface area contributed by atoms with E-state index in [0.29, 0.717) is 12.0 Å². The summed E-state index contributed by atoms with van der Waals surface area (Å²) in [5, 5.41) is 8.99. The van der Waals surface area contributed by atoms with Crippen LogP contribution >= 0.6 is 11.6 Å². The van der Waals surface area contributed by atoms with Crippen LogP contribution < -0.4 is 0 Å². The summed E-state index contributed by atoms with van der Waals surface area (Å²) in [6.07, 6.45) is 0.511. The molecule has 1 N–H and O–H groups in total. The summed E-state index contributed by atoms with van der Waals surface area (Å²) in [6.45, 7) is 0.0872. The summed E-state index contributed by atoms with van der Waals surface area (Å²) in [7, 11) is 0. The molecule has 6 heteroatoms. The van der Waals surface area contributed by atoms with Gasteiger partial charge < -0.3 is 10.0 Å². The smallest absolute Gasteiger partial charge is 0.326 e. The summed E-state index contributed by atoms with van der Waals surface area (Å²) in [5.41, 5.74) is 0.526. The second kappa shape index (κ2) is 4.94. The third-order valence-electron chi connectivity index (χ3n) is 2.95. The predicted molar refractivity (Wildman–Crippen MR) is 62.6 cm³/mol. The van der Waals surface area contributed by atoms with E-state index in [9.17, 15) is 14.0 Å². The Hall–Kier alpha value is -1.62. The molecule has 18 heavy (non-hydrogen) atoms. The Balaban J connectivity index is 2.18. The Labute approximate surface area is 108 Å². The van der Waals surface area contributed by atoms with E-state index >= 15 is 0 Å². The SMILES string of the molecule is O=C(O)C1CCC(=O)N1Cc1ccc(Cl)c(F)c1. The first kappa shape index (κ1) is 12.8. The van der Waals surface area contributed by atoms with Crippen LogP contribution in [0.15, 0.2) is 18.2 Å². The highest BCUT2D eigenvalue weighted by atomic mass is 35.5. The van der Waals surface area contributed by atoms with Gasteiger partial charge in [0.2, 0.25) is 5.91 Å². The lowest BCUT2D eigenvalue weighted by molar-refractivity contribution is -0.146. The number of hydrogen-bond donors (Lipinski definition) is 1. The molecule has 0 saturated carbocycles. The second-order valence-corrected chi connectivity index (χ2v) is 4.57. The normalized spacial score (nSPS) is 19.3. The molecule has 2 rings (SSSR count). The number of rotatable bonds is 3. The number of hydrogen-bond acceptors (Lipinski definition) is 2. The van der Waals surface area contributed by atoms with Crippen molar-refractivity contribution in [1.82, 2.24) is 4.90 Å². The Morgan fingerprint density at radius 2 is 2.28 bits per heavy atom. The minimum atomic E-state index is -1.03. The van der Waals surface area contributed by atoms with Gasteiger partial charge in [-0.25, -0.2) is 9.18 Å². The first-order valence-corrected chi connectivity index (χ1v) is 5.83. The van der Waals surface area contributed by atoms with Crippen LogP contribution in [0.5, 0.6) is 0 Å². The molecule has 1 amide bonds. The first-order chi connectivity index (χ1) is 8.49. The van der Waals surface area contributed by atoms with Crippen molar-refractivity contribution in [3.05, 3.63) is 34.6 Å². The van der Waals surface area contributed by atoms with Crippen LogP contribution in [0.3, 0.4) is 0 Å². The van der Waals surface area contributed by atoms with Crippen LogP contribution in [0.25, 0.3) is 0 Å². The van der Waals surface area contributed by atoms with E-state index in [2.05, 4.69) is 0 Å². The van der Waals surface area contributed by atoms with Gasteiger partial charge in [-0.15, -0.1) is 0 Å². The fourth-order valence-electron chi connectivity index (χ4n) is 2.02. The number of halogens is 2. The van der Waals surface area contributed by atoms with Gasteiger partial charge in [0.25, 0.3) is 0 Å². The summed E-state index contributed by atoms with van der Waals surface area (Å²) < 4.78 is 13.3. The van der Waals surface area contributed by atoms with Crippen molar-refractivity contribution in [1.29, 1.82) is 0 Å². The second-order valence-electron chi connectivity index (χ2n) is 4.16. The Morgan fingerprint density at radius 3 is 2.89 bits per heavy atom. The lowest BCUT2D eigenvalue weighted by Crippen LogP contribution is -2.37. The lowest BCUT2D eigenvalue weighted by atomic mass is 10.2. The van der Waals surface area contributed by atoms with Crippen molar-refractivity contribution >= 4 is 23.5 Å². The summed E-state index contributed by atoms with van der Waals surface area (Å²) in [5.74, 6) is -1.83. The van der Waals surface area contributed by atoms with Crippen LogP contribution in [0.1, 0.15) is 18.4 Å². The fourth-order valence-corrected chi connectivity index (χ4v) is 2.14. The first-order valence-electron chi connectivity index (χ1n) is 5.45. The highest BCUT2D eigenvalue weighted by Crippen LogP contribution is 2.23. The molecule has 1 unspecified atom stereocenters. The fraction of sp³-hybridized carbons (Fsp3) is 0.333. The highest BCUT2D eigenvalue weighted by molar-refractivity contribution is 6.30. The van der Waals surface area contributed by atoms with Gasteiger partial charge in [0.05, 0.1) is 5.02 Å². The van der Waals surface area contributed by atoms with E-state index in [1.54, 1.807) is 6.07 Å².